The summed E-state index contributed by atoms with van der Waals surface area (Å²) in [7, 11) is 1.67. The van der Waals surface area contributed by atoms with Crippen LogP contribution in [0.25, 0.3) is 22.0 Å². The van der Waals surface area contributed by atoms with Crippen molar-refractivity contribution in [3.63, 3.8) is 0 Å². The SMILES string of the molecule is COc1ccc2cc(-c3[nH]ncc3N)ccc2c1. The van der Waals surface area contributed by atoms with Crippen LogP contribution >= 0.6 is 0 Å². The Morgan fingerprint density at radius 1 is 1.11 bits per heavy atom. The van der Waals surface area contributed by atoms with E-state index in [2.05, 4.69) is 16.3 Å². The van der Waals surface area contributed by atoms with E-state index in [4.69, 9.17) is 10.5 Å². The molecule has 0 bridgehead atoms. The molecule has 1 aromatic heterocycles. The summed E-state index contributed by atoms with van der Waals surface area (Å²) in [6, 6.07) is 12.1. The predicted molar refractivity (Wildman–Crippen MR) is 72.5 cm³/mol. The second kappa shape index (κ2) is 4.07. The molecule has 4 heteroatoms. The first-order valence-corrected chi connectivity index (χ1v) is 5.65. The van der Waals surface area contributed by atoms with Crippen LogP contribution < -0.4 is 10.5 Å². The molecule has 0 aliphatic carbocycles. The van der Waals surface area contributed by atoms with Gasteiger partial charge in [0.1, 0.15) is 5.75 Å². The predicted octanol–water partition coefficient (Wildman–Crippen LogP) is 2.82. The molecule has 0 spiro atoms. The third-order valence-electron chi connectivity index (χ3n) is 3.00. The van der Waals surface area contributed by atoms with Gasteiger partial charge in [-0.05, 0) is 29.0 Å². The van der Waals surface area contributed by atoms with Crippen LogP contribution in [0.4, 0.5) is 5.69 Å². The van der Waals surface area contributed by atoms with Gasteiger partial charge < -0.3 is 10.5 Å². The second-order valence-corrected chi connectivity index (χ2v) is 4.13. The number of hydrogen-bond acceptors (Lipinski definition) is 3. The Balaban J connectivity index is 2.15. The minimum absolute atomic E-state index is 0.655. The molecule has 18 heavy (non-hydrogen) atoms. The van der Waals surface area contributed by atoms with E-state index < -0.39 is 0 Å². The number of fused-ring (bicyclic) bond motifs is 1. The maximum Gasteiger partial charge on any atom is 0.119 e. The number of nitrogen functional groups attached to an aromatic ring is 1. The van der Waals surface area contributed by atoms with E-state index >= 15 is 0 Å². The first kappa shape index (κ1) is 10.7. The van der Waals surface area contributed by atoms with E-state index in [-0.39, 0.29) is 0 Å². The van der Waals surface area contributed by atoms with Crippen molar-refractivity contribution in [3.05, 3.63) is 42.6 Å². The first-order valence-electron chi connectivity index (χ1n) is 5.65. The summed E-state index contributed by atoms with van der Waals surface area (Å²) in [5, 5.41) is 9.12. The number of benzene rings is 2. The largest absolute Gasteiger partial charge is 0.497 e. The molecule has 1 heterocycles. The van der Waals surface area contributed by atoms with E-state index in [0.717, 1.165) is 27.8 Å². The smallest absolute Gasteiger partial charge is 0.119 e. The lowest BCUT2D eigenvalue weighted by Gasteiger charge is -2.05. The Labute approximate surface area is 104 Å². The van der Waals surface area contributed by atoms with Crippen LogP contribution in [-0.4, -0.2) is 17.3 Å². The standard InChI is InChI=1S/C14H13N3O/c1-18-12-5-4-9-6-11(3-2-10(9)7-12)14-13(15)8-16-17-14/h2-8H,15H2,1H3,(H,16,17). The van der Waals surface area contributed by atoms with Gasteiger partial charge in [-0.1, -0.05) is 18.2 Å². The number of anilines is 1. The zero-order valence-corrected chi connectivity index (χ0v) is 9.97. The molecule has 4 nitrogen and oxygen atoms in total. The van der Waals surface area contributed by atoms with E-state index in [1.807, 2.05) is 30.3 Å². The van der Waals surface area contributed by atoms with Crippen molar-refractivity contribution in [1.29, 1.82) is 0 Å². The monoisotopic (exact) mass is 239 g/mol. The number of methoxy groups -OCH3 is 1. The summed E-state index contributed by atoms with van der Waals surface area (Å²) in [5.74, 6) is 0.858. The molecule has 90 valence electrons. The van der Waals surface area contributed by atoms with Gasteiger partial charge in [-0.15, -0.1) is 0 Å². The summed E-state index contributed by atoms with van der Waals surface area (Å²) in [5.41, 5.74) is 8.39. The number of hydrogen-bond donors (Lipinski definition) is 2. The molecule has 0 radical (unpaired) electrons. The van der Waals surface area contributed by atoms with Crippen LogP contribution in [0.3, 0.4) is 0 Å². The van der Waals surface area contributed by atoms with Gasteiger partial charge in [0.05, 0.1) is 24.7 Å². The maximum absolute atomic E-state index is 5.85. The third kappa shape index (κ3) is 1.68. The number of nitrogens with one attached hydrogen (secondary N) is 1. The molecule has 0 unspecified atom stereocenters. The average Bonchev–Trinajstić information content (AvgIpc) is 2.84. The summed E-state index contributed by atoms with van der Waals surface area (Å²) >= 11 is 0. The molecule has 0 saturated carbocycles. The number of ether oxygens (including phenoxy) is 1. The molecule has 0 aliphatic rings. The minimum Gasteiger partial charge on any atom is -0.497 e. The Hall–Kier alpha value is -2.49. The number of aromatic amines is 1. The Kier molecular flexibility index (Phi) is 2.41. The average molecular weight is 239 g/mol. The normalized spacial score (nSPS) is 10.7. The molecule has 0 saturated heterocycles. The number of H-pyrrole nitrogens is 1. The van der Waals surface area contributed by atoms with Crippen molar-refractivity contribution in [3.8, 4) is 17.0 Å². The molecule has 0 atom stereocenters. The van der Waals surface area contributed by atoms with Crippen molar-refractivity contribution in [2.24, 2.45) is 0 Å². The Morgan fingerprint density at radius 3 is 2.61 bits per heavy atom. The van der Waals surface area contributed by atoms with Crippen molar-refractivity contribution >= 4 is 16.5 Å². The molecular formula is C14H13N3O. The zero-order chi connectivity index (χ0) is 12.5. The number of rotatable bonds is 2. The van der Waals surface area contributed by atoms with Crippen LogP contribution in [-0.2, 0) is 0 Å². The highest BCUT2D eigenvalue weighted by molar-refractivity contribution is 5.89. The van der Waals surface area contributed by atoms with Gasteiger partial charge in [-0.25, -0.2) is 0 Å². The fourth-order valence-corrected chi connectivity index (χ4v) is 2.03. The summed E-state index contributed by atoms with van der Waals surface area (Å²) in [6.45, 7) is 0. The molecule has 0 amide bonds. The lowest BCUT2D eigenvalue weighted by Crippen LogP contribution is -1.87. The van der Waals surface area contributed by atoms with Crippen LogP contribution in [0.2, 0.25) is 0 Å². The van der Waals surface area contributed by atoms with Gasteiger partial charge in [0.15, 0.2) is 0 Å². The summed E-state index contributed by atoms with van der Waals surface area (Å²) in [4.78, 5) is 0. The van der Waals surface area contributed by atoms with Crippen LogP contribution in [0, 0.1) is 0 Å². The van der Waals surface area contributed by atoms with Crippen LogP contribution in [0.15, 0.2) is 42.6 Å². The highest BCUT2D eigenvalue weighted by atomic mass is 16.5. The van der Waals surface area contributed by atoms with Crippen molar-refractivity contribution < 1.29 is 4.74 Å². The van der Waals surface area contributed by atoms with E-state index in [1.165, 1.54) is 0 Å². The van der Waals surface area contributed by atoms with Gasteiger partial charge in [0, 0.05) is 5.56 Å². The van der Waals surface area contributed by atoms with Crippen molar-refractivity contribution in [2.45, 2.75) is 0 Å². The lowest BCUT2D eigenvalue weighted by atomic mass is 10.0. The molecular weight excluding hydrogens is 226 g/mol. The number of nitrogens with zero attached hydrogens (tertiary/aromatic N) is 1. The molecule has 0 aliphatic heterocycles. The van der Waals surface area contributed by atoms with Gasteiger partial charge in [0.25, 0.3) is 0 Å². The molecule has 0 fully saturated rings. The molecule has 3 aromatic rings. The van der Waals surface area contributed by atoms with Crippen LogP contribution in [0.1, 0.15) is 0 Å². The molecule has 2 aromatic carbocycles. The van der Waals surface area contributed by atoms with E-state index in [0.29, 0.717) is 5.69 Å². The quantitative estimate of drug-likeness (QED) is 0.722. The second-order valence-electron chi connectivity index (χ2n) is 4.13. The highest BCUT2D eigenvalue weighted by Gasteiger charge is 2.05. The molecule has 3 N–H and O–H groups in total. The van der Waals surface area contributed by atoms with E-state index in [9.17, 15) is 0 Å². The van der Waals surface area contributed by atoms with Crippen LogP contribution in [0.5, 0.6) is 5.75 Å². The van der Waals surface area contributed by atoms with Crippen molar-refractivity contribution in [2.75, 3.05) is 12.8 Å². The minimum atomic E-state index is 0.655. The topological polar surface area (TPSA) is 63.9 Å². The number of nitrogens with two attached hydrogens (primary N) is 1. The van der Waals surface area contributed by atoms with Crippen molar-refractivity contribution in [1.82, 2.24) is 10.2 Å². The van der Waals surface area contributed by atoms with Gasteiger partial charge in [-0.2, -0.15) is 5.10 Å². The summed E-state index contributed by atoms with van der Waals surface area (Å²) in [6.07, 6.45) is 1.62. The Morgan fingerprint density at radius 2 is 1.89 bits per heavy atom. The van der Waals surface area contributed by atoms with Gasteiger partial charge in [-0.3, -0.25) is 5.10 Å². The van der Waals surface area contributed by atoms with Gasteiger partial charge >= 0.3 is 0 Å². The Bertz CT molecular complexity index is 703. The number of aromatic nitrogens is 2. The molecule has 3 rings (SSSR count). The highest BCUT2D eigenvalue weighted by Crippen LogP contribution is 2.28. The fourth-order valence-electron chi connectivity index (χ4n) is 2.03. The van der Waals surface area contributed by atoms with E-state index in [1.54, 1.807) is 13.3 Å². The fraction of sp³-hybridized carbons (Fsp3) is 0.0714. The zero-order valence-electron chi connectivity index (χ0n) is 9.97. The third-order valence-corrected chi connectivity index (χ3v) is 3.00. The first-order chi connectivity index (χ1) is 8.78. The maximum atomic E-state index is 5.85. The lowest BCUT2D eigenvalue weighted by molar-refractivity contribution is 0.415. The summed E-state index contributed by atoms with van der Waals surface area (Å²) < 4.78 is 5.21. The van der Waals surface area contributed by atoms with Gasteiger partial charge in [0.2, 0.25) is 0 Å².